The molecule has 0 spiro atoms. The molecule has 2 aromatic carbocycles. The van der Waals surface area contributed by atoms with E-state index in [0.717, 1.165) is 5.56 Å². The second-order valence-corrected chi connectivity index (χ2v) is 5.99. The number of amides is 1. The van der Waals surface area contributed by atoms with E-state index in [-0.39, 0.29) is 24.7 Å². The maximum absolute atomic E-state index is 12.2. The molecule has 1 amide bonds. The van der Waals surface area contributed by atoms with E-state index in [1.807, 2.05) is 6.07 Å². The molecule has 0 aliphatic rings. The lowest BCUT2D eigenvalue weighted by atomic mass is 10.1. The van der Waals surface area contributed by atoms with Crippen molar-refractivity contribution in [2.75, 3.05) is 20.8 Å². The van der Waals surface area contributed by atoms with Crippen molar-refractivity contribution in [1.29, 1.82) is 0 Å². The number of nitrogens with zero attached hydrogens (tertiary/aromatic N) is 2. The molecule has 0 aliphatic carbocycles. The minimum absolute atomic E-state index is 0.0710. The third-order valence-corrected chi connectivity index (χ3v) is 4.20. The van der Waals surface area contributed by atoms with Crippen molar-refractivity contribution in [3.05, 3.63) is 64.3 Å². The van der Waals surface area contributed by atoms with E-state index >= 15 is 0 Å². The molecule has 0 atom stereocenters. The van der Waals surface area contributed by atoms with Crippen LogP contribution in [0.25, 0.3) is 10.9 Å². The van der Waals surface area contributed by atoms with E-state index in [9.17, 15) is 14.9 Å². The highest BCUT2D eigenvalue weighted by molar-refractivity contribution is 5.92. The molecule has 0 radical (unpaired) electrons. The summed E-state index contributed by atoms with van der Waals surface area (Å²) in [5.41, 5.74) is 1.09. The summed E-state index contributed by atoms with van der Waals surface area (Å²) in [5.74, 6) is 1.12. The van der Waals surface area contributed by atoms with Gasteiger partial charge >= 0.3 is 0 Å². The molecule has 0 aliphatic heterocycles. The van der Waals surface area contributed by atoms with Gasteiger partial charge < -0.3 is 19.5 Å². The topological polar surface area (TPSA) is 113 Å². The first-order chi connectivity index (χ1) is 14.0. The smallest absolute Gasteiger partial charge is 0.279 e. The van der Waals surface area contributed by atoms with Crippen LogP contribution >= 0.6 is 0 Å². The molecule has 0 saturated carbocycles. The Labute approximate surface area is 166 Å². The first-order valence-electron chi connectivity index (χ1n) is 8.66. The predicted octanol–water partition coefficient (Wildman–Crippen LogP) is 2.86. The van der Waals surface area contributed by atoms with E-state index < -0.39 is 4.92 Å². The summed E-state index contributed by atoms with van der Waals surface area (Å²) in [5, 5.41) is 14.2. The third kappa shape index (κ3) is 4.52. The summed E-state index contributed by atoms with van der Waals surface area (Å²) >= 11 is 0. The third-order valence-electron chi connectivity index (χ3n) is 4.20. The second-order valence-electron chi connectivity index (χ2n) is 5.99. The van der Waals surface area contributed by atoms with Crippen LogP contribution in [0.1, 0.15) is 5.56 Å². The molecule has 0 bridgehead atoms. The molecule has 3 rings (SSSR count). The van der Waals surface area contributed by atoms with Crippen LogP contribution in [0.5, 0.6) is 17.2 Å². The van der Waals surface area contributed by atoms with Gasteiger partial charge in [-0.2, -0.15) is 0 Å². The number of nitrogens with one attached hydrogen (secondary N) is 1. The Bertz CT molecular complexity index is 1050. The Balaban J connectivity index is 1.64. The van der Waals surface area contributed by atoms with E-state index in [4.69, 9.17) is 14.2 Å². The van der Waals surface area contributed by atoms with E-state index in [0.29, 0.717) is 28.2 Å². The number of hydrogen-bond donors (Lipinski definition) is 1. The molecule has 0 saturated heterocycles. The predicted molar refractivity (Wildman–Crippen MR) is 105 cm³/mol. The summed E-state index contributed by atoms with van der Waals surface area (Å²) in [6, 6.07) is 11.3. The van der Waals surface area contributed by atoms with E-state index in [1.54, 1.807) is 31.4 Å². The normalized spacial score (nSPS) is 10.4. The van der Waals surface area contributed by atoms with Crippen molar-refractivity contribution < 1.29 is 23.9 Å². The molecular weight excluding hydrogens is 378 g/mol. The number of ether oxygens (including phenoxy) is 3. The molecule has 1 heterocycles. The molecular formula is C20H19N3O6. The molecule has 3 aromatic rings. The number of nitro groups is 1. The number of aromatic nitrogens is 1. The van der Waals surface area contributed by atoms with Crippen LogP contribution in [0.3, 0.4) is 0 Å². The maximum atomic E-state index is 12.2. The summed E-state index contributed by atoms with van der Waals surface area (Å²) < 4.78 is 16.0. The van der Waals surface area contributed by atoms with Gasteiger partial charge in [-0.05, 0) is 35.9 Å². The zero-order chi connectivity index (χ0) is 20.8. The Kier molecular flexibility index (Phi) is 6.08. The van der Waals surface area contributed by atoms with Gasteiger partial charge in [-0.25, -0.2) is 0 Å². The van der Waals surface area contributed by atoms with Gasteiger partial charge in [0.2, 0.25) is 0 Å². The van der Waals surface area contributed by atoms with Crippen LogP contribution in [0.4, 0.5) is 5.69 Å². The monoisotopic (exact) mass is 397 g/mol. The van der Waals surface area contributed by atoms with Crippen molar-refractivity contribution in [2.24, 2.45) is 0 Å². The highest BCUT2D eigenvalue weighted by atomic mass is 16.6. The molecule has 29 heavy (non-hydrogen) atoms. The lowest BCUT2D eigenvalue weighted by molar-refractivity contribution is -0.383. The van der Waals surface area contributed by atoms with Crippen molar-refractivity contribution >= 4 is 22.5 Å². The van der Waals surface area contributed by atoms with Crippen molar-refractivity contribution in [3.63, 3.8) is 0 Å². The fourth-order valence-electron chi connectivity index (χ4n) is 2.79. The van der Waals surface area contributed by atoms with Gasteiger partial charge in [0, 0.05) is 18.8 Å². The highest BCUT2D eigenvalue weighted by Crippen LogP contribution is 2.31. The number of fused-ring (bicyclic) bond motifs is 1. The average Bonchev–Trinajstić information content (AvgIpc) is 2.75. The van der Waals surface area contributed by atoms with Gasteiger partial charge in [0.15, 0.2) is 18.1 Å². The number of benzene rings is 2. The molecule has 9 heteroatoms. The van der Waals surface area contributed by atoms with Crippen LogP contribution in [0, 0.1) is 10.1 Å². The molecule has 150 valence electrons. The van der Waals surface area contributed by atoms with Crippen molar-refractivity contribution in [1.82, 2.24) is 10.3 Å². The van der Waals surface area contributed by atoms with Crippen LogP contribution in [-0.4, -0.2) is 36.6 Å². The largest absolute Gasteiger partial charge is 0.493 e. The quantitative estimate of drug-likeness (QED) is 0.459. The van der Waals surface area contributed by atoms with Gasteiger partial charge in [-0.3, -0.25) is 19.9 Å². The van der Waals surface area contributed by atoms with Crippen LogP contribution in [0.2, 0.25) is 0 Å². The Morgan fingerprint density at radius 1 is 1.10 bits per heavy atom. The Morgan fingerprint density at radius 2 is 1.86 bits per heavy atom. The SMILES string of the molecule is COc1ccc(CNC(=O)COc2ccc([N+](=O)[O-])c3cccnc23)cc1OC. The number of rotatable bonds is 8. The molecule has 9 nitrogen and oxygen atoms in total. The fourth-order valence-corrected chi connectivity index (χ4v) is 2.79. The molecule has 0 fully saturated rings. The van der Waals surface area contributed by atoms with E-state index in [1.165, 1.54) is 25.4 Å². The van der Waals surface area contributed by atoms with Gasteiger partial charge in [0.25, 0.3) is 11.6 Å². The van der Waals surface area contributed by atoms with Crippen LogP contribution in [0.15, 0.2) is 48.7 Å². The van der Waals surface area contributed by atoms with Gasteiger partial charge in [0.05, 0.1) is 24.5 Å². The Morgan fingerprint density at radius 3 is 2.59 bits per heavy atom. The fraction of sp³-hybridized carbons (Fsp3) is 0.200. The van der Waals surface area contributed by atoms with Crippen LogP contribution in [-0.2, 0) is 11.3 Å². The lowest BCUT2D eigenvalue weighted by Crippen LogP contribution is -2.28. The standard InChI is InChI=1S/C20H19N3O6/c1-27-16-7-5-13(10-18(16)28-2)11-22-19(24)12-29-17-8-6-15(23(25)26)14-4-3-9-21-20(14)17/h3-10H,11-12H2,1-2H3,(H,22,24). The minimum Gasteiger partial charge on any atom is -0.493 e. The summed E-state index contributed by atoms with van der Waals surface area (Å²) in [6.45, 7) is 0.0264. The summed E-state index contributed by atoms with van der Waals surface area (Å²) in [7, 11) is 3.09. The maximum Gasteiger partial charge on any atom is 0.279 e. The molecule has 1 aromatic heterocycles. The Hall–Kier alpha value is -3.88. The van der Waals surface area contributed by atoms with Crippen molar-refractivity contribution in [2.45, 2.75) is 6.54 Å². The number of hydrogen-bond acceptors (Lipinski definition) is 7. The summed E-state index contributed by atoms with van der Waals surface area (Å²) in [6.07, 6.45) is 1.51. The van der Waals surface area contributed by atoms with Crippen LogP contribution < -0.4 is 19.5 Å². The zero-order valence-electron chi connectivity index (χ0n) is 15.9. The number of nitro benzene ring substituents is 1. The minimum atomic E-state index is -0.483. The molecule has 0 unspecified atom stereocenters. The van der Waals surface area contributed by atoms with Crippen molar-refractivity contribution in [3.8, 4) is 17.2 Å². The zero-order valence-corrected chi connectivity index (χ0v) is 15.9. The highest BCUT2D eigenvalue weighted by Gasteiger charge is 2.16. The first-order valence-corrected chi connectivity index (χ1v) is 8.66. The van der Waals surface area contributed by atoms with Gasteiger partial charge in [-0.1, -0.05) is 6.07 Å². The number of methoxy groups -OCH3 is 2. The number of non-ortho nitro benzene ring substituents is 1. The number of pyridine rings is 1. The van der Waals surface area contributed by atoms with Gasteiger partial charge in [0.1, 0.15) is 11.3 Å². The molecule has 1 N–H and O–H groups in total. The lowest BCUT2D eigenvalue weighted by Gasteiger charge is -2.11. The average molecular weight is 397 g/mol. The number of carbonyl (C=O) groups excluding carboxylic acids is 1. The van der Waals surface area contributed by atoms with E-state index in [2.05, 4.69) is 10.3 Å². The first kappa shape index (κ1) is 19.9. The summed E-state index contributed by atoms with van der Waals surface area (Å²) in [4.78, 5) is 27.0. The second kappa shape index (κ2) is 8.87. The van der Waals surface area contributed by atoms with Gasteiger partial charge in [-0.15, -0.1) is 0 Å². The number of carbonyl (C=O) groups is 1.